The molecule has 1 aromatic carbocycles. The van der Waals surface area contributed by atoms with Gasteiger partial charge in [-0.2, -0.15) is 0 Å². The minimum atomic E-state index is -0.221. The molecule has 1 heterocycles. The molecule has 2 rings (SSSR count). The van der Waals surface area contributed by atoms with Crippen LogP contribution in [0.5, 0.6) is 0 Å². The van der Waals surface area contributed by atoms with Crippen molar-refractivity contribution in [1.29, 1.82) is 0 Å². The second-order valence-corrected chi connectivity index (χ2v) is 4.98. The number of rotatable bonds is 3. The van der Waals surface area contributed by atoms with Crippen LogP contribution in [-0.2, 0) is 0 Å². The van der Waals surface area contributed by atoms with Crippen LogP contribution in [0.2, 0.25) is 0 Å². The highest BCUT2D eigenvalue weighted by Crippen LogP contribution is 2.12. The highest BCUT2D eigenvalue weighted by atomic mass is 16.2. The Morgan fingerprint density at radius 3 is 2.79 bits per heavy atom. The van der Waals surface area contributed by atoms with E-state index >= 15 is 0 Å². The van der Waals surface area contributed by atoms with Gasteiger partial charge in [0.1, 0.15) is 0 Å². The van der Waals surface area contributed by atoms with E-state index in [1.165, 1.54) is 6.92 Å². The third-order valence-electron chi connectivity index (χ3n) is 3.25. The summed E-state index contributed by atoms with van der Waals surface area (Å²) in [5, 5.41) is 5.69. The number of nitrogens with one attached hydrogen (secondary N) is 2. The second kappa shape index (κ2) is 5.84. The van der Waals surface area contributed by atoms with Gasteiger partial charge in [-0.05, 0) is 39.1 Å². The quantitative estimate of drug-likeness (QED) is 0.814. The van der Waals surface area contributed by atoms with E-state index in [9.17, 15) is 9.59 Å². The Hall–Kier alpha value is -1.88. The number of likely N-dealkylation sites (tertiary alicyclic amines) is 1. The first-order valence-electron chi connectivity index (χ1n) is 6.41. The van der Waals surface area contributed by atoms with E-state index in [1.54, 1.807) is 24.3 Å². The predicted octanol–water partition coefficient (Wildman–Crippen LogP) is 1.71. The van der Waals surface area contributed by atoms with Crippen molar-refractivity contribution in [2.45, 2.75) is 19.4 Å². The van der Waals surface area contributed by atoms with Gasteiger partial charge in [-0.25, -0.2) is 4.79 Å². The molecule has 0 radical (unpaired) electrons. The third-order valence-corrected chi connectivity index (χ3v) is 3.25. The molecule has 102 valence electrons. The average Bonchev–Trinajstić information content (AvgIpc) is 2.74. The van der Waals surface area contributed by atoms with Crippen LogP contribution in [0.25, 0.3) is 0 Å². The largest absolute Gasteiger partial charge is 0.334 e. The lowest BCUT2D eigenvalue weighted by Crippen LogP contribution is -2.39. The molecule has 19 heavy (non-hydrogen) atoms. The fourth-order valence-corrected chi connectivity index (χ4v) is 2.22. The Labute approximate surface area is 113 Å². The van der Waals surface area contributed by atoms with E-state index in [0.717, 1.165) is 19.5 Å². The number of amides is 2. The zero-order valence-electron chi connectivity index (χ0n) is 11.3. The maximum atomic E-state index is 11.8. The molecule has 0 bridgehead atoms. The number of benzene rings is 1. The predicted molar refractivity (Wildman–Crippen MR) is 74.5 cm³/mol. The maximum Gasteiger partial charge on any atom is 0.319 e. The second-order valence-electron chi connectivity index (χ2n) is 4.98. The van der Waals surface area contributed by atoms with Crippen LogP contribution >= 0.6 is 0 Å². The fraction of sp³-hybridized carbons (Fsp3) is 0.429. The lowest BCUT2D eigenvalue weighted by molar-refractivity contribution is 0.101. The van der Waals surface area contributed by atoms with Crippen molar-refractivity contribution in [3.8, 4) is 0 Å². The Kier molecular flexibility index (Phi) is 4.16. The van der Waals surface area contributed by atoms with Gasteiger partial charge in [0.15, 0.2) is 5.78 Å². The smallest absolute Gasteiger partial charge is 0.319 e. The van der Waals surface area contributed by atoms with Gasteiger partial charge >= 0.3 is 6.03 Å². The molecule has 1 aromatic rings. The Morgan fingerprint density at radius 2 is 2.16 bits per heavy atom. The van der Waals surface area contributed by atoms with Crippen LogP contribution in [0.15, 0.2) is 24.3 Å². The normalized spacial score (nSPS) is 19.2. The highest BCUT2D eigenvalue weighted by Gasteiger charge is 2.20. The SMILES string of the molecule is CC(=O)c1cccc(NC(=O)NC2CCN(C)C2)c1. The van der Waals surface area contributed by atoms with E-state index in [4.69, 9.17) is 0 Å². The molecule has 0 spiro atoms. The average molecular weight is 261 g/mol. The van der Waals surface area contributed by atoms with Gasteiger partial charge in [-0.15, -0.1) is 0 Å². The van der Waals surface area contributed by atoms with Crippen molar-refractivity contribution in [3.63, 3.8) is 0 Å². The number of hydrogen-bond donors (Lipinski definition) is 2. The topological polar surface area (TPSA) is 61.4 Å². The molecule has 1 unspecified atom stereocenters. The summed E-state index contributed by atoms with van der Waals surface area (Å²) in [5.41, 5.74) is 1.23. The Morgan fingerprint density at radius 1 is 1.37 bits per heavy atom. The van der Waals surface area contributed by atoms with Gasteiger partial charge in [0.05, 0.1) is 0 Å². The zero-order valence-corrected chi connectivity index (χ0v) is 11.3. The lowest BCUT2D eigenvalue weighted by Gasteiger charge is -2.14. The molecule has 0 aliphatic carbocycles. The van der Waals surface area contributed by atoms with E-state index in [0.29, 0.717) is 11.3 Å². The van der Waals surface area contributed by atoms with Crippen molar-refractivity contribution in [2.24, 2.45) is 0 Å². The maximum absolute atomic E-state index is 11.8. The molecule has 2 amide bonds. The van der Waals surface area contributed by atoms with Crippen molar-refractivity contribution in [3.05, 3.63) is 29.8 Å². The Bertz CT molecular complexity index is 487. The molecular weight excluding hydrogens is 242 g/mol. The first kappa shape index (κ1) is 13.5. The summed E-state index contributed by atoms with van der Waals surface area (Å²) in [7, 11) is 2.04. The first-order valence-corrected chi connectivity index (χ1v) is 6.41. The summed E-state index contributed by atoms with van der Waals surface area (Å²) in [5.74, 6) is -0.0125. The van der Waals surface area contributed by atoms with Crippen molar-refractivity contribution in [1.82, 2.24) is 10.2 Å². The van der Waals surface area contributed by atoms with Crippen molar-refractivity contribution in [2.75, 3.05) is 25.5 Å². The molecule has 1 aliphatic heterocycles. The van der Waals surface area contributed by atoms with Crippen molar-refractivity contribution >= 4 is 17.5 Å². The summed E-state index contributed by atoms with van der Waals surface area (Å²) in [6, 6.07) is 6.92. The molecule has 5 heteroatoms. The molecule has 1 saturated heterocycles. The zero-order chi connectivity index (χ0) is 13.8. The van der Waals surface area contributed by atoms with Gasteiger partial charge < -0.3 is 15.5 Å². The number of anilines is 1. The molecule has 5 nitrogen and oxygen atoms in total. The van der Waals surface area contributed by atoms with E-state index in [-0.39, 0.29) is 17.9 Å². The van der Waals surface area contributed by atoms with Gasteiger partial charge in [-0.1, -0.05) is 12.1 Å². The highest BCUT2D eigenvalue weighted by molar-refractivity contribution is 5.96. The van der Waals surface area contributed by atoms with Gasteiger partial charge in [0.2, 0.25) is 0 Å². The fourth-order valence-electron chi connectivity index (χ4n) is 2.22. The summed E-state index contributed by atoms with van der Waals surface area (Å²) in [6.45, 7) is 3.39. The minimum absolute atomic E-state index is 0.0125. The minimum Gasteiger partial charge on any atom is -0.334 e. The van der Waals surface area contributed by atoms with Crippen molar-refractivity contribution < 1.29 is 9.59 Å². The molecule has 2 N–H and O–H groups in total. The lowest BCUT2D eigenvalue weighted by atomic mass is 10.1. The number of urea groups is 1. The van der Waals surface area contributed by atoms with Gasteiger partial charge in [0, 0.05) is 23.8 Å². The van der Waals surface area contributed by atoms with E-state index < -0.39 is 0 Å². The molecule has 1 atom stereocenters. The first-order chi connectivity index (χ1) is 9.04. The number of Topliss-reactive ketones (excluding diaryl/α,β-unsaturated/α-hetero) is 1. The van der Waals surface area contributed by atoms with Crippen LogP contribution in [0.1, 0.15) is 23.7 Å². The standard InChI is InChI=1S/C14H19N3O2/c1-10(18)11-4-3-5-12(8-11)15-14(19)16-13-6-7-17(2)9-13/h3-5,8,13H,6-7,9H2,1-2H3,(H2,15,16,19). The van der Waals surface area contributed by atoms with E-state index in [1.807, 2.05) is 7.05 Å². The molecular formula is C14H19N3O2. The number of likely N-dealkylation sites (N-methyl/N-ethyl adjacent to an activating group) is 1. The van der Waals surface area contributed by atoms with Crippen LogP contribution in [0.4, 0.5) is 10.5 Å². The molecule has 0 aromatic heterocycles. The van der Waals surface area contributed by atoms with E-state index in [2.05, 4.69) is 15.5 Å². The summed E-state index contributed by atoms with van der Waals surface area (Å²) in [6.07, 6.45) is 0.970. The van der Waals surface area contributed by atoms with Crippen LogP contribution in [0.3, 0.4) is 0 Å². The summed E-state index contributed by atoms with van der Waals surface area (Å²) >= 11 is 0. The Balaban J connectivity index is 1.91. The number of carbonyl (C=O) groups is 2. The molecule has 1 aliphatic rings. The molecule has 1 fully saturated rings. The van der Waals surface area contributed by atoms with Gasteiger partial charge in [-0.3, -0.25) is 4.79 Å². The number of carbonyl (C=O) groups excluding carboxylic acids is 2. The number of hydrogen-bond acceptors (Lipinski definition) is 3. The molecule has 0 saturated carbocycles. The summed E-state index contributed by atoms with van der Waals surface area (Å²) < 4.78 is 0. The monoisotopic (exact) mass is 261 g/mol. The van der Waals surface area contributed by atoms with Crippen LogP contribution < -0.4 is 10.6 Å². The van der Waals surface area contributed by atoms with Crippen LogP contribution in [-0.4, -0.2) is 42.9 Å². The van der Waals surface area contributed by atoms with Crippen LogP contribution in [0, 0.1) is 0 Å². The number of ketones is 1. The summed E-state index contributed by atoms with van der Waals surface area (Å²) in [4.78, 5) is 25.3. The number of nitrogens with zero attached hydrogens (tertiary/aromatic N) is 1. The third kappa shape index (κ3) is 3.79. The van der Waals surface area contributed by atoms with Gasteiger partial charge in [0.25, 0.3) is 0 Å².